The maximum atomic E-state index is 12.6. The second-order valence-corrected chi connectivity index (χ2v) is 6.87. The largest absolute Gasteiger partial charge is 0.416 e. The van der Waals surface area contributed by atoms with E-state index in [0.29, 0.717) is 11.3 Å². The summed E-state index contributed by atoms with van der Waals surface area (Å²) in [5, 5.41) is 2.75. The molecule has 27 heavy (non-hydrogen) atoms. The highest BCUT2D eigenvalue weighted by atomic mass is 32.2. The van der Waals surface area contributed by atoms with Gasteiger partial charge in [0.25, 0.3) is 0 Å². The molecule has 4 nitrogen and oxygen atoms in total. The first-order chi connectivity index (χ1) is 12.9. The van der Waals surface area contributed by atoms with Crippen molar-refractivity contribution < 1.29 is 18.0 Å². The number of nitrogens with one attached hydrogen (secondary N) is 1. The van der Waals surface area contributed by atoms with Gasteiger partial charge < -0.3 is 9.88 Å². The molecule has 0 aliphatic heterocycles. The third-order valence-corrected chi connectivity index (χ3v) is 4.63. The predicted octanol–water partition coefficient (Wildman–Crippen LogP) is 4.23. The van der Waals surface area contributed by atoms with Gasteiger partial charge in [-0.2, -0.15) is 24.9 Å². The molecule has 0 atom stereocenters. The van der Waals surface area contributed by atoms with Crippen LogP contribution in [0, 0.1) is 0 Å². The lowest BCUT2D eigenvalue weighted by atomic mass is 10.1. The summed E-state index contributed by atoms with van der Waals surface area (Å²) in [5.41, 5.74) is 1.61. The molecule has 0 saturated carbocycles. The molecule has 0 fully saturated rings. The van der Waals surface area contributed by atoms with E-state index in [4.69, 9.17) is 0 Å². The van der Waals surface area contributed by atoms with Crippen LogP contribution < -0.4 is 5.32 Å². The van der Waals surface area contributed by atoms with Crippen LogP contribution in [-0.2, 0) is 29.8 Å². The monoisotopic (exact) mass is 393 g/mol. The van der Waals surface area contributed by atoms with Gasteiger partial charge >= 0.3 is 6.18 Å². The van der Waals surface area contributed by atoms with E-state index in [1.165, 1.54) is 12.1 Å². The minimum atomic E-state index is -4.36. The first-order valence-electron chi connectivity index (χ1n) is 8.24. The van der Waals surface area contributed by atoms with Crippen LogP contribution in [0.4, 0.5) is 13.2 Å². The van der Waals surface area contributed by atoms with Crippen molar-refractivity contribution in [3.05, 3.63) is 65.5 Å². The van der Waals surface area contributed by atoms with Crippen LogP contribution in [0.3, 0.4) is 0 Å². The first-order valence-corrected chi connectivity index (χ1v) is 9.64. The number of nitrogens with zero attached hydrogens (tertiary/aromatic N) is 2. The molecule has 0 saturated heterocycles. The number of fused-ring (bicyclic) bond motifs is 1. The molecule has 1 aromatic heterocycles. The lowest BCUT2D eigenvalue weighted by molar-refractivity contribution is -0.137. The van der Waals surface area contributed by atoms with Crippen LogP contribution in [0.5, 0.6) is 0 Å². The zero-order valence-corrected chi connectivity index (χ0v) is 15.4. The predicted molar refractivity (Wildman–Crippen MR) is 100 cm³/mol. The van der Waals surface area contributed by atoms with Crippen molar-refractivity contribution in [2.75, 3.05) is 6.26 Å². The molecule has 0 spiro atoms. The summed E-state index contributed by atoms with van der Waals surface area (Å²) in [6.45, 7) is 0.276. The molecule has 1 N–H and O–H groups in total. The number of rotatable bonds is 6. The van der Waals surface area contributed by atoms with Gasteiger partial charge in [-0.3, -0.25) is 4.79 Å². The normalized spacial score (nSPS) is 11.7. The zero-order valence-electron chi connectivity index (χ0n) is 14.6. The Labute approximate surface area is 158 Å². The molecule has 0 aliphatic rings. The third-order valence-electron chi connectivity index (χ3n) is 4.08. The van der Waals surface area contributed by atoms with Crippen molar-refractivity contribution in [2.45, 2.75) is 25.0 Å². The van der Waals surface area contributed by atoms with Crippen molar-refractivity contribution in [3.8, 4) is 0 Å². The first kappa shape index (κ1) is 19.3. The van der Waals surface area contributed by atoms with Crippen LogP contribution in [0.25, 0.3) is 11.0 Å². The van der Waals surface area contributed by atoms with E-state index < -0.39 is 11.7 Å². The van der Waals surface area contributed by atoms with Crippen molar-refractivity contribution in [3.63, 3.8) is 0 Å². The Morgan fingerprint density at radius 1 is 1.15 bits per heavy atom. The van der Waals surface area contributed by atoms with E-state index in [9.17, 15) is 18.0 Å². The molecule has 0 radical (unpaired) electrons. The second-order valence-electron chi connectivity index (χ2n) is 6.01. The highest BCUT2D eigenvalue weighted by Crippen LogP contribution is 2.29. The molecule has 142 valence electrons. The Balaban J connectivity index is 1.68. The number of carbonyl (C=O) groups is 1. The average Bonchev–Trinajstić information content (AvgIpc) is 2.97. The maximum Gasteiger partial charge on any atom is 0.416 e. The SMILES string of the molecule is CSCc1nc2ccccc2n1CC(=O)NCc1ccc(C(F)(F)F)cc1. The van der Waals surface area contributed by atoms with Gasteiger partial charge in [-0.25, -0.2) is 4.98 Å². The molecular weight excluding hydrogens is 375 g/mol. The van der Waals surface area contributed by atoms with E-state index in [-0.39, 0.29) is 19.0 Å². The van der Waals surface area contributed by atoms with Crippen molar-refractivity contribution in [1.82, 2.24) is 14.9 Å². The molecule has 0 aliphatic carbocycles. The number of alkyl halides is 3. The summed E-state index contributed by atoms with van der Waals surface area (Å²) >= 11 is 1.62. The molecule has 8 heteroatoms. The van der Waals surface area contributed by atoms with Crippen LogP contribution >= 0.6 is 11.8 Å². The fourth-order valence-corrected chi connectivity index (χ4v) is 3.23. The van der Waals surface area contributed by atoms with Gasteiger partial charge in [0.15, 0.2) is 0 Å². The fourth-order valence-electron chi connectivity index (χ4n) is 2.75. The van der Waals surface area contributed by atoms with Crippen molar-refractivity contribution in [1.29, 1.82) is 0 Å². The molecule has 1 heterocycles. The summed E-state index contributed by atoms with van der Waals surface area (Å²) in [6.07, 6.45) is -2.40. The Kier molecular flexibility index (Phi) is 5.74. The minimum Gasteiger partial charge on any atom is -0.350 e. The highest BCUT2D eigenvalue weighted by molar-refractivity contribution is 7.97. The number of para-hydroxylation sites is 2. The topological polar surface area (TPSA) is 46.9 Å². The number of hydrogen-bond acceptors (Lipinski definition) is 3. The van der Waals surface area contributed by atoms with E-state index in [1.807, 2.05) is 35.1 Å². The molecule has 1 amide bonds. The van der Waals surface area contributed by atoms with Crippen LogP contribution in [-0.4, -0.2) is 21.7 Å². The van der Waals surface area contributed by atoms with E-state index in [2.05, 4.69) is 10.3 Å². The van der Waals surface area contributed by atoms with Crippen LogP contribution in [0.2, 0.25) is 0 Å². The summed E-state index contributed by atoms with van der Waals surface area (Å²) in [7, 11) is 0. The Hall–Kier alpha value is -2.48. The third kappa shape index (κ3) is 4.63. The lowest BCUT2D eigenvalue weighted by Gasteiger charge is -2.11. The number of halogens is 3. The zero-order chi connectivity index (χ0) is 19.4. The smallest absolute Gasteiger partial charge is 0.350 e. The summed E-state index contributed by atoms with van der Waals surface area (Å²) in [5.74, 6) is 1.27. The van der Waals surface area contributed by atoms with E-state index in [0.717, 1.165) is 29.0 Å². The highest BCUT2D eigenvalue weighted by Gasteiger charge is 2.29. The summed E-state index contributed by atoms with van der Waals surface area (Å²) in [4.78, 5) is 16.9. The molecule has 0 unspecified atom stereocenters. The second kappa shape index (κ2) is 8.04. The molecular formula is C19H18F3N3OS. The van der Waals surface area contributed by atoms with Crippen molar-refractivity contribution >= 4 is 28.7 Å². The van der Waals surface area contributed by atoms with E-state index >= 15 is 0 Å². The van der Waals surface area contributed by atoms with Gasteiger partial charge in [0, 0.05) is 6.54 Å². The quantitative estimate of drug-likeness (QED) is 0.682. The van der Waals surface area contributed by atoms with Gasteiger partial charge in [0.2, 0.25) is 5.91 Å². The molecule has 3 rings (SSSR count). The fraction of sp³-hybridized carbons (Fsp3) is 0.263. The van der Waals surface area contributed by atoms with Crippen LogP contribution in [0.15, 0.2) is 48.5 Å². The summed E-state index contributed by atoms with van der Waals surface area (Å²) < 4.78 is 39.6. The summed E-state index contributed by atoms with van der Waals surface area (Å²) in [6, 6.07) is 12.4. The van der Waals surface area contributed by atoms with Crippen LogP contribution in [0.1, 0.15) is 17.0 Å². The number of amides is 1. The average molecular weight is 393 g/mol. The molecule has 0 bridgehead atoms. The Morgan fingerprint density at radius 3 is 2.52 bits per heavy atom. The number of imidazole rings is 1. The van der Waals surface area contributed by atoms with Gasteiger partial charge in [0.1, 0.15) is 12.4 Å². The van der Waals surface area contributed by atoms with Gasteiger partial charge in [0.05, 0.1) is 22.3 Å². The maximum absolute atomic E-state index is 12.6. The minimum absolute atomic E-state index is 0.108. The standard InChI is InChI=1S/C19H18F3N3OS/c1-27-12-17-24-15-4-2-3-5-16(15)25(17)11-18(26)23-10-13-6-8-14(9-7-13)19(20,21)22/h2-9H,10-12H2,1H3,(H,23,26). The van der Waals surface area contributed by atoms with Gasteiger partial charge in [-0.05, 0) is 36.1 Å². The number of aromatic nitrogens is 2. The Bertz CT molecular complexity index is 936. The van der Waals surface area contributed by atoms with Gasteiger partial charge in [-0.1, -0.05) is 24.3 Å². The van der Waals surface area contributed by atoms with E-state index in [1.54, 1.807) is 11.8 Å². The number of thioether (sulfide) groups is 1. The molecule has 2 aromatic carbocycles. The van der Waals surface area contributed by atoms with Crippen molar-refractivity contribution in [2.24, 2.45) is 0 Å². The number of carbonyl (C=O) groups excluding carboxylic acids is 1. The number of hydrogen-bond donors (Lipinski definition) is 1. The molecule has 3 aromatic rings. The number of benzene rings is 2. The Morgan fingerprint density at radius 2 is 1.85 bits per heavy atom. The lowest BCUT2D eigenvalue weighted by Crippen LogP contribution is -2.27. The van der Waals surface area contributed by atoms with Gasteiger partial charge in [-0.15, -0.1) is 0 Å².